The van der Waals surface area contributed by atoms with Crippen LogP contribution >= 0.6 is 38.9 Å². The molecule has 0 amide bonds. The second kappa shape index (κ2) is 7.24. The molecule has 1 heterocycles. The third-order valence-corrected chi connectivity index (χ3v) is 7.16. The molecular formula is C11H17BrClNO2S2. The van der Waals surface area contributed by atoms with E-state index in [2.05, 4.69) is 22.9 Å². The zero-order valence-electron chi connectivity index (χ0n) is 10.4. The highest BCUT2D eigenvalue weighted by Gasteiger charge is 2.25. The number of rotatable bonds is 7. The summed E-state index contributed by atoms with van der Waals surface area (Å²) in [6.45, 7) is 2.64. The van der Waals surface area contributed by atoms with E-state index in [1.807, 2.05) is 0 Å². The highest BCUT2D eigenvalue weighted by atomic mass is 79.9. The number of unbranched alkanes of at least 4 members (excludes halogenated alkanes) is 2. The van der Waals surface area contributed by atoms with Gasteiger partial charge in [0.1, 0.15) is 4.90 Å². The van der Waals surface area contributed by atoms with Crippen molar-refractivity contribution in [3.8, 4) is 0 Å². The predicted molar refractivity (Wildman–Crippen MR) is 80.9 cm³/mol. The number of hydrogen-bond donors (Lipinski definition) is 0. The first-order valence-electron chi connectivity index (χ1n) is 5.74. The van der Waals surface area contributed by atoms with Gasteiger partial charge in [-0.15, -0.1) is 22.9 Å². The molecule has 3 nitrogen and oxygen atoms in total. The molecule has 1 aromatic heterocycles. The summed E-state index contributed by atoms with van der Waals surface area (Å²) in [5, 5.41) is 0. The van der Waals surface area contributed by atoms with E-state index >= 15 is 0 Å². The number of alkyl halides is 1. The molecule has 0 atom stereocenters. The largest absolute Gasteiger partial charge is 0.244 e. The number of sulfonamides is 1. The average molecular weight is 375 g/mol. The molecule has 0 spiro atoms. The summed E-state index contributed by atoms with van der Waals surface area (Å²) in [6, 6.07) is 1.65. The third kappa shape index (κ3) is 3.93. The molecule has 0 bridgehead atoms. The number of nitrogens with zero attached hydrogens (tertiary/aromatic N) is 1. The Kier molecular flexibility index (Phi) is 6.61. The molecule has 0 aliphatic rings. The minimum atomic E-state index is -3.40. The molecule has 7 heteroatoms. The molecule has 0 aliphatic carbocycles. The van der Waals surface area contributed by atoms with Crippen LogP contribution in [0.2, 0.25) is 0 Å². The first kappa shape index (κ1) is 16.4. The smallest absolute Gasteiger partial charge is 0.207 e. The lowest BCUT2D eigenvalue weighted by Crippen LogP contribution is -2.27. The Hall–Kier alpha value is 0.380. The van der Waals surface area contributed by atoms with Crippen molar-refractivity contribution in [3.05, 3.63) is 14.7 Å². The fourth-order valence-corrected chi connectivity index (χ4v) is 5.44. The highest BCUT2D eigenvalue weighted by Crippen LogP contribution is 2.34. The lowest BCUT2D eigenvalue weighted by molar-refractivity contribution is 0.454. The maximum absolute atomic E-state index is 12.3. The molecule has 0 radical (unpaired) electrons. The van der Waals surface area contributed by atoms with Crippen molar-refractivity contribution in [2.45, 2.75) is 37.0 Å². The van der Waals surface area contributed by atoms with Gasteiger partial charge in [0, 0.05) is 18.5 Å². The van der Waals surface area contributed by atoms with Crippen LogP contribution in [0.25, 0.3) is 0 Å². The lowest BCUT2D eigenvalue weighted by atomic mass is 10.2. The lowest BCUT2D eigenvalue weighted by Gasteiger charge is -2.16. The van der Waals surface area contributed by atoms with Crippen molar-refractivity contribution in [1.29, 1.82) is 0 Å². The quantitative estimate of drug-likeness (QED) is 0.533. The van der Waals surface area contributed by atoms with Crippen LogP contribution in [0.5, 0.6) is 0 Å². The summed E-state index contributed by atoms with van der Waals surface area (Å²) in [5.41, 5.74) is 0. The Labute approximate surface area is 126 Å². The van der Waals surface area contributed by atoms with Crippen LogP contribution in [0, 0.1) is 0 Å². The molecule has 104 valence electrons. The van der Waals surface area contributed by atoms with Gasteiger partial charge in [0.15, 0.2) is 0 Å². The zero-order valence-corrected chi connectivity index (χ0v) is 14.4. The van der Waals surface area contributed by atoms with Crippen molar-refractivity contribution in [2.75, 3.05) is 13.6 Å². The van der Waals surface area contributed by atoms with Crippen LogP contribution in [0.15, 0.2) is 14.7 Å². The van der Waals surface area contributed by atoms with Crippen molar-refractivity contribution in [1.82, 2.24) is 4.31 Å². The zero-order chi connectivity index (χ0) is 13.8. The van der Waals surface area contributed by atoms with E-state index < -0.39 is 10.0 Å². The molecule has 0 unspecified atom stereocenters. The van der Waals surface area contributed by atoms with E-state index in [0.29, 0.717) is 21.1 Å². The van der Waals surface area contributed by atoms with Crippen LogP contribution in [0.4, 0.5) is 0 Å². The standard InChI is InChI=1S/C11H17BrClNO2S2/c1-3-4-5-6-14(2)18(15,16)10-7-9(8-13)17-11(10)12/h7H,3-6,8H2,1-2H3. The van der Waals surface area contributed by atoms with Gasteiger partial charge in [-0.2, -0.15) is 0 Å². The van der Waals surface area contributed by atoms with Gasteiger partial charge in [-0.05, 0) is 28.4 Å². The molecule has 0 N–H and O–H groups in total. The molecule has 0 fully saturated rings. The fourth-order valence-electron chi connectivity index (χ4n) is 1.51. The number of thiophene rings is 1. The summed E-state index contributed by atoms with van der Waals surface area (Å²) in [6.07, 6.45) is 3.00. The second-order valence-electron chi connectivity index (χ2n) is 4.02. The van der Waals surface area contributed by atoms with E-state index in [4.69, 9.17) is 11.6 Å². The molecular weight excluding hydrogens is 358 g/mol. The van der Waals surface area contributed by atoms with Gasteiger partial charge < -0.3 is 0 Å². The minimum absolute atomic E-state index is 0.321. The number of halogens is 2. The molecule has 1 aromatic rings. The van der Waals surface area contributed by atoms with Crippen LogP contribution in [0.1, 0.15) is 31.1 Å². The average Bonchev–Trinajstić information content (AvgIpc) is 2.71. The molecule has 18 heavy (non-hydrogen) atoms. The van der Waals surface area contributed by atoms with Crippen molar-refractivity contribution in [3.63, 3.8) is 0 Å². The van der Waals surface area contributed by atoms with Gasteiger partial charge in [0.25, 0.3) is 0 Å². The van der Waals surface area contributed by atoms with Gasteiger partial charge in [0.2, 0.25) is 10.0 Å². The predicted octanol–water partition coefficient (Wildman–Crippen LogP) is 4.06. The third-order valence-electron chi connectivity index (χ3n) is 2.60. The Morgan fingerprint density at radius 2 is 2.11 bits per heavy atom. The van der Waals surface area contributed by atoms with Gasteiger partial charge in [-0.1, -0.05) is 19.8 Å². The van der Waals surface area contributed by atoms with E-state index in [0.717, 1.165) is 24.1 Å². The van der Waals surface area contributed by atoms with Crippen LogP contribution < -0.4 is 0 Å². The monoisotopic (exact) mass is 373 g/mol. The fraction of sp³-hybridized carbons (Fsp3) is 0.636. The van der Waals surface area contributed by atoms with Gasteiger partial charge >= 0.3 is 0 Å². The van der Waals surface area contributed by atoms with Crippen LogP contribution in [0.3, 0.4) is 0 Å². The molecule has 1 rings (SSSR count). The summed E-state index contributed by atoms with van der Waals surface area (Å²) in [5.74, 6) is 0.332. The van der Waals surface area contributed by atoms with Crippen LogP contribution in [-0.4, -0.2) is 26.3 Å². The normalized spacial score (nSPS) is 12.3. The molecule has 0 saturated carbocycles. The Balaban J connectivity index is 2.87. The topological polar surface area (TPSA) is 37.4 Å². The van der Waals surface area contributed by atoms with E-state index in [1.54, 1.807) is 13.1 Å². The Morgan fingerprint density at radius 1 is 1.44 bits per heavy atom. The van der Waals surface area contributed by atoms with Gasteiger partial charge in [-0.25, -0.2) is 12.7 Å². The van der Waals surface area contributed by atoms with E-state index in [-0.39, 0.29) is 0 Å². The summed E-state index contributed by atoms with van der Waals surface area (Å²) in [4.78, 5) is 1.17. The SMILES string of the molecule is CCCCCN(C)S(=O)(=O)c1cc(CCl)sc1Br. The van der Waals surface area contributed by atoms with Crippen molar-refractivity contribution >= 4 is 48.9 Å². The van der Waals surface area contributed by atoms with E-state index in [9.17, 15) is 8.42 Å². The molecule has 0 aliphatic heterocycles. The minimum Gasteiger partial charge on any atom is -0.207 e. The molecule has 0 aromatic carbocycles. The number of hydrogen-bond acceptors (Lipinski definition) is 3. The van der Waals surface area contributed by atoms with Crippen molar-refractivity contribution in [2.24, 2.45) is 0 Å². The van der Waals surface area contributed by atoms with Crippen LogP contribution in [-0.2, 0) is 15.9 Å². The maximum atomic E-state index is 12.3. The van der Waals surface area contributed by atoms with Gasteiger partial charge in [-0.3, -0.25) is 0 Å². The molecule has 0 saturated heterocycles. The van der Waals surface area contributed by atoms with Gasteiger partial charge in [0.05, 0.1) is 9.67 Å². The Bertz CT molecular complexity index is 487. The maximum Gasteiger partial charge on any atom is 0.244 e. The van der Waals surface area contributed by atoms with Crippen molar-refractivity contribution < 1.29 is 8.42 Å². The first-order chi connectivity index (χ1) is 8.43. The summed E-state index contributed by atoms with van der Waals surface area (Å²) >= 11 is 10.4. The Morgan fingerprint density at radius 3 is 2.61 bits per heavy atom. The first-order valence-corrected chi connectivity index (χ1v) is 9.32. The summed E-state index contributed by atoms with van der Waals surface area (Å²) in [7, 11) is -1.78. The second-order valence-corrected chi connectivity index (χ2v) is 8.75. The highest BCUT2D eigenvalue weighted by molar-refractivity contribution is 9.11. The summed E-state index contributed by atoms with van der Waals surface area (Å²) < 4.78 is 26.7. The van der Waals surface area contributed by atoms with E-state index in [1.165, 1.54) is 15.6 Å².